The summed E-state index contributed by atoms with van der Waals surface area (Å²) in [6, 6.07) is 9.40. The minimum Gasteiger partial charge on any atom is -0.337 e. The number of benzene rings is 1. The number of carbonyl (C=O) groups is 1. The Morgan fingerprint density at radius 1 is 1.29 bits per heavy atom. The predicted octanol–water partition coefficient (Wildman–Crippen LogP) is 3.01. The summed E-state index contributed by atoms with van der Waals surface area (Å²) in [5.41, 5.74) is 2.79. The van der Waals surface area contributed by atoms with Crippen molar-refractivity contribution in [2.75, 3.05) is 20.1 Å². The van der Waals surface area contributed by atoms with Gasteiger partial charge in [-0.05, 0) is 49.9 Å². The highest BCUT2D eigenvalue weighted by Crippen LogP contribution is 2.38. The third kappa shape index (κ3) is 2.71. The number of amides is 1. The van der Waals surface area contributed by atoms with Crippen LogP contribution in [-0.2, 0) is 11.2 Å². The molecule has 0 bridgehead atoms. The summed E-state index contributed by atoms with van der Waals surface area (Å²) in [5, 5.41) is 0. The third-order valence-corrected chi connectivity index (χ3v) is 5.17. The van der Waals surface area contributed by atoms with E-state index in [1.807, 2.05) is 18.9 Å². The average molecular weight is 286 g/mol. The van der Waals surface area contributed by atoms with E-state index in [9.17, 15) is 4.79 Å². The van der Waals surface area contributed by atoms with Crippen LogP contribution in [0.1, 0.15) is 49.8 Å². The molecule has 3 heteroatoms. The molecule has 1 fully saturated rings. The summed E-state index contributed by atoms with van der Waals surface area (Å²) in [6.07, 6.45) is 5.50. The SMILES string of the molecule is CCC(=O)N(C)C1c2ccccc2CCC1N1CCCC1. The summed E-state index contributed by atoms with van der Waals surface area (Å²) < 4.78 is 0. The van der Waals surface area contributed by atoms with Gasteiger partial charge < -0.3 is 4.90 Å². The largest absolute Gasteiger partial charge is 0.337 e. The predicted molar refractivity (Wildman–Crippen MR) is 85.2 cm³/mol. The van der Waals surface area contributed by atoms with E-state index in [0.29, 0.717) is 12.5 Å². The van der Waals surface area contributed by atoms with Crippen LogP contribution in [0.3, 0.4) is 0 Å². The van der Waals surface area contributed by atoms with Crippen molar-refractivity contribution in [3.8, 4) is 0 Å². The van der Waals surface area contributed by atoms with E-state index >= 15 is 0 Å². The van der Waals surface area contributed by atoms with Gasteiger partial charge in [0.1, 0.15) is 0 Å². The molecule has 1 aliphatic carbocycles. The molecule has 1 aliphatic heterocycles. The van der Waals surface area contributed by atoms with Gasteiger partial charge in [0.2, 0.25) is 5.91 Å². The lowest BCUT2D eigenvalue weighted by molar-refractivity contribution is -0.133. The van der Waals surface area contributed by atoms with Crippen LogP contribution >= 0.6 is 0 Å². The molecule has 2 atom stereocenters. The fourth-order valence-corrected chi connectivity index (χ4v) is 4.05. The van der Waals surface area contributed by atoms with Gasteiger partial charge in [-0.2, -0.15) is 0 Å². The molecule has 1 aromatic carbocycles. The van der Waals surface area contributed by atoms with Crippen LogP contribution in [-0.4, -0.2) is 41.9 Å². The summed E-state index contributed by atoms with van der Waals surface area (Å²) in [6.45, 7) is 4.34. The molecule has 2 unspecified atom stereocenters. The maximum atomic E-state index is 12.3. The highest BCUT2D eigenvalue weighted by atomic mass is 16.2. The highest BCUT2D eigenvalue weighted by Gasteiger charge is 2.37. The fraction of sp³-hybridized carbons (Fsp3) is 0.611. The van der Waals surface area contributed by atoms with Crippen LogP contribution in [0.5, 0.6) is 0 Å². The molecule has 1 amide bonds. The molecule has 3 rings (SSSR count). The lowest BCUT2D eigenvalue weighted by Gasteiger charge is -2.43. The minimum atomic E-state index is 0.223. The van der Waals surface area contributed by atoms with Crippen LogP contribution in [0.4, 0.5) is 0 Å². The lowest BCUT2D eigenvalue weighted by atomic mass is 9.82. The van der Waals surface area contributed by atoms with Gasteiger partial charge in [0.05, 0.1) is 6.04 Å². The van der Waals surface area contributed by atoms with Gasteiger partial charge in [0.25, 0.3) is 0 Å². The zero-order chi connectivity index (χ0) is 14.8. The Morgan fingerprint density at radius 2 is 2.00 bits per heavy atom. The first-order valence-electron chi connectivity index (χ1n) is 8.30. The molecule has 1 heterocycles. The first-order valence-corrected chi connectivity index (χ1v) is 8.30. The number of likely N-dealkylation sites (tertiary alicyclic amines) is 1. The van der Waals surface area contributed by atoms with E-state index in [1.165, 1.54) is 43.5 Å². The van der Waals surface area contributed by atoms with Crippen molar-refractivity contribution in [2.24, 2.45) is 0 Å². The van der Waals surface area contributed by atoms with Gasteiger partial charge >= 0.3 is 0 Å². The Bertz CT molecular complexity index is 508. The van der Waals surface area contributed by atoms with Crippen molar-refractivity contribution >= 4 is 5.91 Å². The van der Waals surface area contributed by atoms with E-state index in [-0.39, 0.29) is 11.9 Å². The molecule has 1 saturated heterocycles. The first kappa shape index (κ1) is 14.6. The Balaban J connectivity index is 1.95. The number of nitrogens with zero attached hydrogens (tertiary/aromatic N) is 2. The number of fused-ring (bicyclic) bond motifs is 1. The second kappa shape index (κ2) is 6.18. The van der Waals surface area contributed by atoms with Gasteiger partial charge in [-0.25, -0.2) is 0 Å². The molecule has 0 N–H and O–H groups in total. The Kier molecular flexibility index (Phi) is 4.29. The van der Waals surface area contributed by atoms with Crippen molar-refractivity contribution in [3.05, 3.63) is 35.4 Å². The minimum absolute atomic E-state index is 0.223. The number of hydrogen-bond acceptors (Lipinski definition) is 2. The molecule has 3 nitrogen and oxygen atoms in total. The molecular weight excluding hydrogens is 260 g/mol. The van der Waals surface area contributed by atoms with Crippen LogP contribution in [0.25, 0.3) is 0 Å². The summed E-state index contributed by atoms with van der Waals surface area (Å²) in [4.78, 5) is 16.9. The van der Waals surface area contributed by atoms with Gasteiger partial charge in [-0.3, -0.25) is 9.69 Å². The van der Waals surface area contributed by atoms with E-state index in [2.05, 4.69) is 29.2 Å². The molecule has 0 radical (unpaired) electrons. The summed E-state index contributed by atoms with van der Waals surface area (Å²) >= 11 is 0. The number of carbonyl (C=O) groups excluding carboxylic acids is 1. The maximum absolute atomic E-state index is 12.3. The Morgan fingerprint density at radius 3 is 2.71 bits per heavy atom. The zero-order valence-electron chi connectivity index (χ0n) is 13.2. The van der Waals surface area contributed by atoms with Gasteiger partial charge in [0, 0.05) is 19.5 Å². The standard InChI is InChI=1S/C18H26N2O/c1-3-17(21)19(2)18-15-9-5-4-8-14(15)10-11-16(18)20-12-6-7-13-20/h4-5,8-9,16,18H,3,6-7,10-13H2,1-2H3. The Labute approximate surface area is 127 Å². The Hall–Kier alpha value is -1.35. The molecule has 0 saturated carbocycles. The normalized spacial score (nSPS) is 25.6. The van der Waals surface area contributed by atoms with E-state index in [0.717, 1.165) is 6.42 Å². The van der Waals surface area contributed by atoms with Gasteiger partial charge in [0.15, 0.2) is 0 Å². The molecular formula is C18H26N2O. The average Bonchev–Trinajstić information content (AvgIpc) is 3.06. The summed E-state index contributed by atoms with van der Waals surface area (Å²) in [5.74, 6) is 0.251. The van der Waals surface area contributed by atoms with Crippen LogP contribution in [0.15, 0.2) is 24.3 Å². The van der Waals surface area contributed by atoms with Crippen molar-refractivity contribution in [2.45, 2.75) is 51.1 Å². The quantitative estimate of drug-likeness (QED) is 0.853. The molecule has 1 aromatic rings. The van der Waals surface area contributed by atoms with E-state index in [4.69, 9.17) is 0 Å². The van der Waals surface area contributed by atoms with Gasteiger partial charge in [-0.1, -0.05) is 31.2 Å². The smallest absolute Gasteiger partial charge is 0.222 e. The zero-order valence-corrected chi connectivity index (χ0v) is 13.2. The highest BCUT2D eigenvalue weighted by molar-refractivity contribution is 5.76. The number of aryl methyl sites for hydroxylation is 1. The van der Waals surface area contributed by atoms with Crippen LogP contribution in [0.2, 0.25) is 0 Å². The second-order valence-electron chi connectivity index (χ2n) is 6.35. The molecule has 21 heavy (non-hydrogen) atoms. The second-order valence-corrected chi connectivity index (χ2v) is 6.35. The molecule has 2 aliphatic rings. The molecule has 0 aromatic heterocycles. The van der Waals surface area contributed by atoms with Crippen molar-refractivity contribution < 1.29 is 4.79 Å². The molecule has 0 spiro atoms. The topological polar surface area (TPSA) is 23.6 Å². The fourth-order valence-electron chi connectivity index (χ4n) is 4.05. The maximum Gasteiger partial charge on any atom is 0.222 e. The number of rotatable bonds is 3. The van der Waals surface area contributed by atoms with E-state index < -0.39 is 0 Å². The van der Waals surface area contributed by atoms with Crippen molar-refractivity contribution in [3.63, 3.8) is 0 Å². The van der Waals surface area contributed by atoms with Crippen molar-refractivity contribution in [1.82, 2.24) is 9.80 Å². The lowest BCUT2D eigenvalue weighted by Crippen LogP contribution is -2.48. The van der Waals surface area contributed by atoms with Gasteiger partial charge in [-0.15, -0.1) is 0 Å². The summed E-state index contributed by atoms with van der Waals surface area (Å²) in [7, 11) is 1.99. The first-order chi connectivity index (χ1) is 10.2. The molecule has 114 valence electrons. The van der Waals surface area contributed by atoms with Crippen LogP contribution < -0.4 is 0 Å². The van der Waals surface area contributed by atoms with E-state index in [1.54, 1.807) is 0 Å². The van der Waals surface area contributed by atoms with Crippen LogP contribution in [0, 0.1) is 0 Å². The van der Waals surface area contributed by atoms with Crippen molar-refractivity contribution in [1.29, 1.82) is 0 Å². The number of likely N-dealkylation sites (N-methyl/N-ethyl adjacent to an activating group) is 1. The number of hydrogen-bond donors (Lipinski definition) is 0. The monoisotopic (exact) mass is 286 g/mol. The third-order valence-electron chi connectivity index (χ3n) is 5.17.